The van der Waals surface area contributed by atoms with Crippen LogP contribution in [-0.4, -0.2) is 9.97 Å². The smallest absolute Gasteiger partial charge is 0.377 e. The van der Waals surface area contributed by atoms with E-state index in [4.69, 9.17) is 0 Å². The van der Waals surface area contributed by atoms with Crippen molar-refractivity contribution < 1.29 is 30.7 Å². The average molecular weight is 429 g/mol. The Morgan fingerprint density at radius 1 is 0.900 bits per heavy atom. The Kier molecular flexibility index (Phi) is 5.69. The van der Waals surface area contributed by atoms with Crippen LogP contribution in [0.15, 0.2) is 54.9 Å². The highest BCUT2D eigenvalue weighted by Crippen LogP contribution is 2.37. The van der Waals surface area contributed by atoms with Crippen LogP contribution in [0.2, 0.25) is 0 Å². The lowest BCUT2D eigenvalue weighted by molar-refractivity contribution is -0.140. The number of halogens is 7. The molecule has 1 N–H and O–H groups in total. The Morgan fingerprint density at radius 3 is 2.27 bits per heavy atom. The van der Waals surface area contributed by atoms with E-state index >= 15 is 0 Å². The molecule has 0 fully saturated rings. The van der Waals surface area contributed by atoms with Crippen molar-refractivity contribution in [1.29, 1.82) is 0 Å². The van der Waals surface area contributed by atoms with Gasteiger partial charge in [0.1, 0.15) is 5.82 Å². The van der Waals surface area contributed by atoms with Crippen LogP contribution < -0.4 is 5.32 Å². The number of pyridine rings is 2. The fourth-order valence-corrected chi connectivity index (χ4v) is 2.81. The molecule has 30 heavy (non-hydrogen) atoms. The lowest BCUT2D eigenvalue weighted by atomic mass is 10.0. The first-order valence-electron chi connectivity index (χ1n) is 8.58. The summed E-state index contributed by atoms with van der Waals surface area (Å²) in [7, 11) is 0. The van der Waals surface area contributed by atoms with Gasteiger partial charge in [-0.15, -0.1) is 0 Å². The summed E-state index contributed by atoms with van der Waals surface area (Å²) < 4.78 is 92.7. The number of hydrogen-bond donors (Lipinski definition) is 1. The molecule has 0 aliphatic carbocycles. The van der Waals surface area contributed by atoms with Crippen LogP contribution in [-0.2, 0) is 12.4 Å². The summed E-state index contributed by atoms with van der Waals surface area (Å²) in [6, 6.07) is 6.75. The van der Waals surface area contributed by atoms with E-state index in [2.05, 4.69) is 15.3 Å². The standard InChI is InChI=1S/C20H14F7N3/c1-11(12-3-2-4-14(7-12)19(22,23)24)29-17-6-5-16(30-18(17)20(25,26)27)13-8-15(21)10-28-9-13/h2-11,29H,1H3. The first-order valence-corrected chi connectivity index (χ1v) is 8.58. The van der Waals surface area contributed by atoms with Crippen LogP contribution >= 0.6 is 0 Å². The molecule has 0 saturated heterocycles. The predicted molar refractivity (Wildman–Crippen MR) is 95.9 cm³/mol. The Labute approximate surface area is 166 Å². The van der Waals surface area contributed by atoms with Gasteiger partial charge in [-0.1, -0.05) is 12.1 Å². The molecule has 2 heterocycles. The van der Waals surface area contributed by atoms with Crippen molar-refractivity contribution in [2.45, 2.75) is 25.3 Å². The summed E-state index contributed by atoms with van der Waals surface area (Å²) in [5.74, 6) is -0.733. The topological polar surface area (TPSA) is 37.8 Å². The van der Waals surface area contributed by atoms with Gasteiger partial charge in [0.05, 0.1) is 23.1 Å². The van der Waals surface area contributed by atoms with Gasteiger partial charge in [0.2, 0.25) is 0 Å². The van der Waals surface area contributed by atoms with Crippen molar-refractivity contribution in [3.63, 3.8) is 0 Å². The minimum absolute atomic E-state index is 0.0537. The summed E-state index contributed by atoms with van der Waals surface area (Å²) >= 11 is 0. The van der Waals surface area contributed by atoms with E-state index in [9.17, 15) is 30.7 Å². The van der Waals surface area contributed by atoms with Gasteiger partial charge in [-0.3, -0.25) is 4.98 Å². The molecule has 1 atom stereocenters. The minimum Gasteiger partial charge on any atom is -0.377 e. The van der Waals surface area contributed by atoms with Crippen molar-refractivity contribution in [3.8, 4) is 11.3 Å². The molecule has 0 spiro atoms. The van der Waals surface area contributed by atoms with Gasteiger partial charge in [0.15, 0.2) is 5.69 Å². The highest BCUT2D eigenvalue weighted by molar-refractivity contribution is 5.63. The van der Waals surface area contributed by atoms with E-state index in [1.54, 1.807) is 0 Å². The molecule has 10 heteroatoms. The van der Waals surface area contributed by atoms with E-state index in [0.29, 0.717) is 0 Å². The quantitative estimate of drug-likeness (QED) is 0.482. The van der Waals surface area contributed by atoms with Crippen LogP contribution in [0.4, 0.5) is 36.4 Å². The van der Waals surface area contributed by atoms with Crippen molar-refractivity contribution >= 4 is 5.69 Å². The van der Waals surface area contributed by atoms with Gasteiger partial charge in [0.25, 0.3) is 0 Å². The number of nitrogens with one attached hydrogen (secondary N) is 1. The highest BCUT2D eigenvalue weighted by Gasteiger charge is 2.36. The first kappa shape index (κ1) is 21.5. The van der Waals surface area contributed by atoms with Crippen molar-refractivity contribution in [3.05, 3.63) is 77.5 Å². The van der Waals surface area contributed by atoms with Crippen molar-refractivity contribution in [2.24, 2.45) is 0 Å². The van der Waals surface area contributed by atoms with E-state index < -0.39 is 41.2 Å². The molecule has 158 valence electrons. The van der Waals surface area contributed by atoms with Crippen LogP contribution in [0.3, 0.4) is 0 Å². The third-order valence-corrected chi connectivity index (χ3v) is 4.25. The number of hydrogen-bond acceptors (Lipinski definition) is 3. The predicted octanol–water partition coefficient (Wildman–Crippen LogP) is 6.49. The second-order valence-corrected chi connectivity index (χ2v) is 6.47. The van der Waals surface area contributed by atoms with E-state index in [-0.39, 0.29) is 16.8 Å². The molecule has 0 saturated carbocycles. The number of alkyl halides is 6. The zero-order valence-corrected chi connectivity index (χ0v) is 15.3. The number of benzene rings is 1. The molecule has 0 bridgehead atoms. The Bertz CT molecular complexity index is 1050. The van der Waals surface area contributed by atoms with Gasteiger partial charge in [-0.2, -0.15) is 26.3 Å². The van der Waals surface area contributed by atoms with Gasteiger partial charge in [-0.25, -0.2) is 9.37 Å². The minimum atomic E-state index is -4.85. The number of rotatable bonds is 4. The van der Waals surface area contributed by atoms with Crippen LogP contribution in [0.25, 0.3) is 11.3 Å². The van der Waals surface area contributed by atoms with Crippen molar-refractivity contribution in [1.82, 2.24) is 9.97 Å². The summed E-state index contributed by atoms with van der Waals surface area (Å²) in [6.07, 6.45) is -7.35. The maximum absolute atomic E-state index is 13.6. The largest absolute Gasteiger partial charge is 0.435 e. The van der Waals surface area contributed by atoms with Gasteiger partial charge in [-0.05, 0) is 42.8 Å². The maximum atomic E-state index is 13.6. The number of anilines is 1. The molecule has 3 aromatic rings. The van der Waals surface area contributed by atoms with E-state index in [0.717, 1.165) is 30.5 Å². The van der Waals surface area contributed by atoms with Crippen LogP contribution in [0.5, 0.6) is 0 Å². The third-order valence-electron chi connectivity index (χ3n) is 4.25. The summed E-state index contributed by atoms with van der Waals surface area (Å²) in [5.41, 5.74) is -2.54. The van der Waals surface area contributed by atoms with Crippen LogP contribution in [0.1, 0.15) is 29.8 Å². The normalized spacial score (nSPS) is 13.2. The molecule has 2 aromatic heterocycles. The molecule has 3 nitrogen and oxygen atoms in total. The first-order chi connectivity index (χ1) is 13.9. The third kappa shape index (κ3) is 4.87. The SMILES string of the molecule is CC(Nc1ccc(-c2cncc(F)c2)nc1C(F)(F)F)c1cccc(C(F)(F)F)c1. The summed E-state index contributed by atoms with van der Waals surface area (Å²) in [5, 5.41) is 2.56. The zero-order chi connectivity index (χ0) is 22.1. The average Bonchev–Trinajstić information content (AvgIpc) is 2.67. The lowest BCUT2D eigenvalue weighted by Gasteiger charge is -2.20. The zero-order valence-electron chi connectivity index (χ0n) is 15.3. The molecule has 0 aliphatic rings. The monoisotopic (exact) mass is 429 g/mol. The van der Waals surface area contributed by atoms with Gasteiger partial charge in [0, 0.05) is 17.8 Å². The molecule has 0 amide bonds. The Morgan fingerprint density at radius 2 is 1.63 bits per heavy atom. The second kappa shape index (κ2) is 7.92. The number of nitrogens with zero attached hydrogens (tertiary/aromatic N) is 2. The Hall–Kier alpha value is -3.17. The van der Waals surface area contributed by atoms with Gasteiger partial charge >= 0.3 is 12.4 Å². The number of aromatic nitrogens is 2. The molecule has 0 radical (unpaired) electrons. The van der Waals surface area contributed by atoms with Gasteiger partial charge < -0.3 is 5.32 Å². The summed E-state index contributed by atoms with van der Waals surface area (Å²) in [6.45, 7) is 1.43. The second-order valence-electron chi connectivity index (χ2n) is 6.47. The van der Waals surface area contributed by atoms with Crippen molar-refractivity contribution in [2.75, 3.05) is 5.32 Å². The molecule has 1 unspecified atom stereocenters. The highest BCUT2D eigenvalue weighted by atomic mass is 19.4. The molecule has 3 rings (SSSR count). The fourth-order valence-electron chi connectivity index (χ4n) is 2.81. The Balaban J connectivity index is 1.96. The lowest BCUT2D eigenvalue weighted by Crippen LogP contribution is -2.16. The van der Waals surface area contributed by atoms with E-state index in [1.165, 1.54) is 31.3 Å². The fraction of sp³-hybridized carbons (Fsp3) is 0.200. The maximum Gasteiger partial charge on any atom is 0.435 e. The molecule has 0 aliphatic heterocycles. The molecular weight excluding hydrogens is 415 g/mol. The summed E-state index contributed by atoms with van der Waals surface area (Å²) in [4.78, 5) is 7.17. The molecular formula is C20H14F7N3. The van der Waals surface area contributed by atoms with E-state index in [1.807, 2.05) is 0 Å². The van der Waals surface area contributed by atoms with Crippen LogP contribution in [0, 0.1) is 5.82 Å². The molecule has 1 aromatic carbocycles.